The molecule has 0 amide bonds. The summed E-state index contributed by atoms with van der Waals surface area (Å²) in [6.07, 6.45) is 1.70. The van der Waals surface area contributed by atoms with E-state index >= 15 is 0 Å². The summed E-state index contributed by atoms with van der Waals surface area (Å²) in [4.78, 5) is 10.6. The Bertz CT molecular complexity index is 326. The fraction of sp³-hybridized carbons (Fsp3) is 0.364. The number of hydrogen-bond acceptors (Lipinski definition) is 3. The van der Waals surface area contributed by atoms with E-state index in [0.29, 0.717) is 23.7 Å². The molecule has 0 unspecified atom stereocenters. The van der Waals surface area contributed by atoms with Crippen molar-refractivity contribution in [2.45, 2.75) is 6.42 Å². The molecule has 0 aliphatic carbocycles. The third kappa shape index (κ3) is 3.55. The molecule has 0 fully saturated rings. The van der Waals surface area contributed by atoms with Gasteiger partial charge < -0.3 is 9.47 Å². The molecule has 1 aromatic rings. The Morgan fingerprint density at radius 3 is 2.80 bits per heavy atom. The Labute approximate surface area is 97.5 Å². The van der Waals surface area contributed by atoms with Crippen LogP contribution in [0.5, 0.6) is 11.5 Å². The van der Waals surface area contributed by atoms with Gasteiger partial charge in [0.25, 0.3) is 0 Å². The molecule has 0 atom stereocenters. The minimum absolute atomic E-state index is 0.588. The third-order valence-corrected chi connectivity index (χ3v) is 2.42. The fourth-order valence-electron chi connectivity index (χ4n) is 1.12. The highest BCUT2D eigenvalue weighted by Crippen LogP contribution is 2.27. The molecule has 0 saturated carbocycles. The van der Waals surface area contributed by atoms with Crippen molar-refractivity contribution >= 4 is 22.2 Å². The summed E-state index contributed by atoms with van der Waals surface area (Å²) in [5.41, 5.74) is 0.588. The van der Waals surface area contributed by atoms with E-state index in [-0.39, 0.29) is 0 Å². The van der Waals surface area contributed by atoms with Crippen LogP contribution in [-0.4, -0.2) is 25.3 Å². The first-order valence-corrected chi connectivity index (χ1v) is 5.76. The van der Waals surface area contributed by atoms with Crippen molar-refractivity contribution in [3.63, 3.8) is 0 Å². The van der Waals surface area contributed by atoms with Crippen LogP contribution in [0.1, 0.15) is 16.8 Å². The zero-order valence-corrected chi connectivity index (χ0v) is 10.1. The maximum Gasteiger partial charge on any atom is 0.161 e. The number of hydrogen-bond donors (Lipinski definition) is 0. The molecule has 0 aliphatic rings. The van der Waals surface area contributed by atoms with Crippen LogP contribution >= 0.6 is 15.9 Å². The second kappa shape index (κ2) is 6.45. The van der Waals surface area contributed by atoms with E-state index in [0.717, 1.165) is 18.0 Å². The fourth-order valence-corrected chi connectivity index (χ4v) is 1.34. The van der Waals surface area contributed by atoms with Crippen LogP contribution in [0.3, 0.4) is 0 Å². The Morgan fingerprint density at radius 1 is 1.40 bits per heavy atom. The molecular formula is C11H13BrO3. The van der Waals surface area contributed by atoms with Crippen molar-refractivity contribution in [2.75, 3.05) is 19.0 Å². The van der Waals surface area contributed by atoms with Gasteiger partial charge in [0, 0.05) is 10.9 Å². The van der Waals surface area contributed by atoms with Crippen molar-refractivity contribution in [1.29, 1.82) is 0 Å². The van der Waals surface area contributed by atoms with E-state index in [2.05, 4.69) is 15.9 Å². The molecule has 0 aliphatic heterocycles. The quantitative estimate of drug-likeness (QED) is 0.454. The van der Waals surface area contributed by atoms with E-state index in [9.17, 15) is 4.79 Å². The topological polar surface area (TPSA) is 35.5 Å². The number of methoxy groups -OCH3 is 1. The maximum atomic E-state index is 10.6. The molecule has 0 N–H and O–H groups in total. The van der Waals surface area contributed by atoms with Crippen molar-refractivity contribution < 1.29 is 14.3 Å². The average molecular weight is 273 g/mol. The second-order valence-electron chi connectivity index (χ2n) is 2.92. The Hall–Kier alpha value is -1.03. The zero-order chi connectivity index (χ0) is 11.1. The molecule has 1 aromatic carbocycles. The molecule has 0 spiro atoms. The molecule has 0 saturated heterocycles. The predicted molar refractivity (Wildman–Crippen MR) is 62.3 cm³/mol. The lowest BCUT2D eigenvalue weighted by Gasteiger charge is -2.10. The molecule has 1 rings (SSSR count). The van der Waals surface area contributed by atoms with E-state index in [1.807, 2.05) is 0 Å². The van der Waals surface area contributed by atoms with Gasteiger partial charge in [0.05, 0.1) is 13.7 Å². The molecule has 15 heavy (non-hydrogen) atoms. The molecule has 0 radical (unpaired) electrons. The SMILES string of the molecule is COc1ccc(C=O)cc1OCCCBr. The van der Waals surface area contributed by atoms with Gasteiger partial charge in [0.2, 0.25) is 0 Å². The van der Waals surface area contributed by atoms with Gasteiger partial charge in [0.15, 0.2) is 11.5 Å². The monoisotopic (exact) mass is 272 g/mol. The number of ether oxygens (including phenoxy) is 2. The van der Waals surface area contributed by atoms with Gasteiger partial charge in [-0.3, -0.25) is 4.79 Å². The van der Waals surface area contributed by atoms with Crippen molar-refractivity contribution in [3.8, 4) is 11.5 Å². The minimum Gasteiger partial charge on any atom is -0.493 e. The normalized spacial score (nSPS) is 9.73. The number of halogens is 1. The van der Waals surface area contributed by atoms with Crippen LogP contribution in [0, 0.1) is 0 Å². The molecule has 3 nitrogen and oxygen atoms in total. The predicted octanol–water partition coefficient (Wildman–Crippen LogP) is 2.67. The van der Waals surface area contributed by atoms with Gasteiger partial charge in [0.1, 0.15) is 6.29 Å². The lowest BCUT2D eigenvalue weighted by Crippen LogP contribution is -2.00. The standard InChI is InChI=1S/C11H13BrO3/c1-14-10-4-3-9(8-13)7-11(10)15-6-2-5-12/h3-4,7-8H,2,5-6H2,1H3. The Balaban J connectivity index is 2.76. The third-order valence-electron chi connectivity index (χ3n) is 1.86. The minimum atomic E-state index is 0.588. The summed E-state index contributed by atoms with van der Waals surface area (Å²) in [5.74, 6) is 1.26. The van der Waals surface area contributed by atoms with Gasteiger partial charge >= 0.3 is 0 Å². The van der Waals surface area contributed by atoms with Gasteiger partial charge in [-0.05, 0) is 24.6 Å². The summed E-state index contributed by atoms with van der Waals surface area (Å²) < 4.78 is 10.6. The van der Waals surface area contributed by atoms with Gasteiger partial charge in [-0.1, -0.05) is 15.9 Å². The highest BCUT2D eigenvalue weighted by molar-refractivity contribution is 9.09. The van der Waals surface area contributed by atoms with Crippen molar-refractivity contribution in [3.05, 3.63) is 23.8 Å². The first kappa shape index (κ1) is 12.0. The number of rotatable bonds is 6. The lowest BCUT2D eigenvalue weighted by molar-refractivity contribution is 0.112. The molecule has 4 heteroatoms. The molecule has 0 heterocycles. The lowest BCUT2D eigenvalue weighted by atomic mass is 10.2. The summed E-state index contributed by atoms with van der Waals surface area (Å²) in [5, 5.41) is 0.892. The van der Waals surface area contributed by atoms with Crippen LogP contribution in [-0.2, 0) is 0 Å². The number of carbonyl (C=O) groups is 1. The van der Waals surface area contributed by atoms with E-state index in [1.54, 1.807) is 25.3 Å². The average Bonchev–Trinajstić information content (AvgIpc) is 2.29. The van der Waals surface area contributed by atoms with Crippen LogP contribution in [0.15, 0.2) is 18.2 Å². The maximum absolute atomic E-state index is 10.6. The molecule has 82 valence electrons. The van der Waals surface area contributed by atoms with E-state index in [4.69, 9.17) is 9.47 Å². The van der Waals surface area contributed by atoms with Crippen LogP contribution in [0.4, 0.5) is 0 Å². The molecule has 0 bridgehead atoms. The van der Waals surface area contributed by atoms with Gasteiger partial charge in [-0.25, -0.2) is 0 Å². The smallest absolute Gasteiger partial charge is 0.161 e. The Morgan fingerprint density at radius 2 is 2.20 bits per heavy atom. The number of carbonyl (C=O) groups excluding carboxylic acids is 1. The van der Waals surface area contributed by atoms with E-state index < -0.39 is 0 Å². The first-order valence-electron chi connectivity index (χ1n) is 4.63. The van der Waals surface area contributed by atoms with E-state index in [1.165, 1.54) is 0 Å². The van der Waals surface area contributed by atoms with Crippen LogP contribution < -0.4 is 9.47 Å². The highest BCUT2D eigenvalue weighted by atomic mass is 79.9. The summed E-state index contributed by atoms with van der Waals surface area (Å²) in [6.45, 7) is 0.601. The summed E-state index contributed by atoms with van der Waals surface area (Å²) >= 11 is 3.32. The van der Waals surface area contributed by atoms with Crippen molar-refractivity contribution in [2.24, 2.45) is 0 Å². The van der Waals surface area contributed by atoms with Gasteiger partial charge in [-0.15, -0.1) is 0 Å². The molecular weight excluding hydrogens is 260 g/mol. The highest BCUT2D eigenvalue weighted by Gasteiger charge is 2.04. The number of alkyl halides is 1. The first-order chi connectivity index (χ1) is 7.31. The number of aldehydes is 1. The van der Waals surface area contributed by atoms with Crippen molar-refractivity contribution in [1.82, 2.24) is 0 Å². The van der Waals surface area contributed by atoms with Crippen LogP contribution in [0.25, 0.3) is 0 Å². The molecule has 0 aromatic heterocycles. The Kier molecular flexibility index (Phi) is 5.18. The zero-order valence-electron chi connectivity index (χ0n) is 8.53. The number of benzene rings is 1. The summed E-state index contributed by atoms with van der Waals surface area (Å²) in [7, 11) is 1.58. The van der Waals surface area contributed by atoms with Crippen LogP contribution in [0.2, 0.25) is 0 Å². The largest absolute Gasteiger partial charge is 0.493 e. The van der Waals surface area contributed by atoms with Gasteiger partial charge in [-0.2, -0.15) is 0 Å². The second-order valence-corrected chi connectivity index (χ2v) is 3.71. The summed E-state index contributed by atoms with van der Waals surface area (Å²) in [6, 6.07) is 5.11.